The van der Waals surface area contributed by atoms with E-state index in [1.165, 1.54) is 4.90 Å². The molecule has 0 saturated carbocycles. The van der Waals surface area contributed by atoms with Crippen molar-refractivity contribution < 1.29 is 27.9 Å². The van der Waals surface area contributed by atoms with Gasteiger partial charge in [0.2, 0.25) is 0 Å². The summed E-state index contributed by atoms with van der Waals surface area (Å²) in [6.45, 7) is 0.917. The van der Waals surface area contributed by atoms with Crippen molar-refractivity contribution in [1.29, 1.82) is 0 Å². The highest BCUT2D eigenvalue weighted by molar-refractivity contribution is 5.92. The zero-order valence-corrected chi connectivity index (χ0v) is 12.3. The van der Waals surface area contributed by atoms with Gasteiger partial charge in [-0.05, 0) is 37.3 Å². The highest BCUT2D eigenvalue weighted by Gasteiger charge is 2.31. The lowest BCUT2D eigenvalue weighted by molar-refractivity contribution is -0.138. The summed E-state index contributed by atoms with van der Waals surface area (Å²) in [6.07, 6.45) is -1.71. The van der Waals surface area contributed by atoms with Crippen molar-refractivity contribution >= 4 is 11.9 Å². The van der Waals surface area contributed by atoms with Gasteiger partial charge in [0.25, 0.3) is 5.91 Å². The van der Waals surface area contributed by atoms with Crippen molar-refractivity contribution in [3.05, 3.63) is 29.6 Å². The van der Waals surface area contributed by atoms with Crippen LogP contribution in [0.2, 0.25) is 0 Å². The van der Waals surface area contributed by atoms with E-state index in [1.54, 1.807) is 0 Å². The zero-order chi connectivity index (χ0) is 17.0. The number of carbonyl (C=O) groups excluding carboxylic acids is 1. The monoisotopic (exact) mass is 330 g/mol. The van der Waals surface area contributed by atoms with Crippen LogP contribution in [-0.4, -0.2) is 40.0 Å². The molecule has 0 radical (unpaired) electrons. The molecule has 23 heavy (non-hydrogen) atoms. The third-order valence-corrected chi connectivity index (χ3v) is 3.88. The first-order valence-corrected chi connectivity index (χ1v) is 7.31. The molecule has 2 heterocycles. The molecule has 1 aliphatic rings. The van der Waals surface area contributed by atoms with Crippen molar-refractivity contribution in [2.75, 3.05) is 13.1 Å². The number of rotatable bonds is 4. The number of hydrogen-bond donors (Lipinski definition) is 1. The van der Waals surface area contributed by atoms with E-state index in [2.05, 4.69) is 4.98 Å². The van der Waals surface area contributed by atoms with Crippen LogP contribution in [-0.2, 0) is 11.0 Å². The second-order valence-electron chi connectivity index (χ2n) is 5.62. The molecule has 1 N–H and O–H groups in total. The largest absolute Gasteiger partial charge is 0.481 e. The number of pyridine rings is 1. The number of piperidine rings is 1. The number of carboxylic acid groups (broad SMARTS) is 1. The van der Waals surface area contributed by atoms with Crippen molar-refractivity contribution in [2.24, 2.45) is 5.92 Å². The first kappa shape index (κ1) is 17.2. The van der Waals surface area contributed by atoms with Gasteiger partial charge in [-0.2, -0.15) is 13.2 Å². The van der Waals surface area contributed by atoms with Gasteiger partial charge in [-0.25, -0.2) is 0 Å². The number of hydrogen-bond acceptors (Lipinski definition) is 3. The molecule has 2 rings (SSSR count). The van der Waals surface area contributed by atoms with E-state index < -0.39 is 23.6 Å². The molecular formula is C15H17F3N2O3. The average molecular weight is 330 g/mol. The van der Waals surface area contributed by atoms with Crippen LogP contribution in [0.5, 0.6) is 0 Å². The Hall–Kier alpha value is -2.12. The summed E-state index contributed by atoms with van der Waals surface area (Å²) in [5, 5.41) is 8.71. The molecule has 1 saturated heterocycles. The third kappa shape index (κ3) is 4.67. The normalized spacial score (nSPS) is 18.7. The lowest BCUT2D eigenvalue weighted by Crippen LogP contribution is -2.40. The molecule has 5 nitrogen and oxygen atoms in total. The van der Waals surface area contributed by atoms with E-state index in [9.17, 15) is 22.8 Å². The predicted octanol–water partition coefficient (Wildman–Crippen LogP) is 2.82. The molecule has 1 aromatic rings. The van der Waals surface area contributed by atoms with Crippen molar-refractivity contribution in [1.82, 2.24) is 9.88 Å². The van der Waals surface area contributed by atoms with E-state index in [1.807, 2.05) is 0 Å². The fraction of sp³-hybridized carbons (Fsp3) is 0.533. The molecular weight excluding hydrogens is 313 g/mol. The summed E-state index contributed by atoms with van der Waals surface area (Å²) in [5.41, 5.74) is -0.927. The molecule has 1 aromatic heterocycles. The Balaban J connectivity index is 2.00. The molecule has 1 fully saturated rings. The maximum absolute atomic E-state index is 12.5. The van der Waals surface area contributed by atoms with E-state index >= 15 is 0 Å². The van der Waals surface area contributed by atoms with Crippen LogP contribution >= 0.6 is 0 Å². The number of carbonyl (C=O) groups is 2. The minimum absolute atomic E-state index is 0.0307. The average Bonchev–Trinajstić information content (AvgIpc) is 2.52. The molecule has 0 bridgehead atoms. The number of amides is 1. The first-order valence-electron chi connectivity index (χ1n) is 7.31. The molecule has 126 valence electrons. The molecule has 0 aromatic carbocycles. The van der Waals surface area contributed by atoms with Crippen LogP contribution in [0.3, 0.4) is 0 Å². The topological polar surface area (TPSA) is 70.5 Å². The van der Waals surface area contributed by atoms with Crippen molar-refractivity contribution in [2.45, 2.75) is 31.9 Å². The number of aromatic nitrogens is 1. The number of alkyl halides is 3. The molecule has 1 amide bonds. The van der Waals surface area contributed by atoms with Crippen molar-refractivity contribution in [3.63, 3.8) is 0 Å². The van der Waals surface area contributed by atoms with Gasteiger partial charge in [0.15, 0.2) is 0 Å². The van der Waals surface area contributed by atoms with E-state index in [4.69, 9.17) is 5.11 Å². The summed E-state index contributed by atoms with van der Waals surface area (Å²) >= 11 is 0. The Labute approximate surface area is 131 Å². The Morgan fingerprint density at radius 3 is 2.65 bits per heavy atom. The Morgan fingerprint density at radius 1 is 1.35 bits per heavy atom. The SMILES string of the molecule is O=C(O)CCC1CCCN(C(=O)c2ccc(C(F)(F)F)cn2)C1. The van der Waals surface area contributed by atoms with Crippen LogP contribution in [0.1, 0.15) is 41.7 Å². The fourth-order valence-corrected chi connectivity index (χ4v) is 2.66. The van der Waals surface area contributed by atoms with Crippen LogP contribution in [0.25, 0.3) is 0 Å². The standard InChI is InChI=1S/C15H17F3N2O3/c16-15(17,18)11-4-5-12(19-8-11)14(23)20-7-1-2-10(9-20)3-6-13(21)22/h4-5,8,10H,1-3,6-7,9H2,(H,21,22). The van der Waals surface area contributed by atoms with Gasteiger partial charge >= 0.3 is 12.1 Å². The van der Waals surface area contributed by atoms with Crippen LogP contribution in [0, 0.1) is 5.92 Å². The number of likely N-dealkylation sites (tertiary alicyclic amines) is 1. The number of carboxylic acids is 1. The zero-order valence-electron chi connectivity index (χ0n) is 12.3. The smallest absolute Gasteiger partial charge is 0.417 e. The summed E-state index contributed by atoms with van der Waals surface area (Å²) in [6, 6.07) is 1.91. The molecule has 0 spiro atoms. The molecule has 1 aliphatic heterocycles. The Bertz CT molecular complexity index is 572. The third-order valence-electron chi connectivity index (χ3n) is 3.88. The number of nitrogens with zero attached hydrogens (tertiary/aromatic N) is 2. The highest BCUT2D eigenvalue weighted by Crippen LogP contribution is 2.28. The van der Waals surface area contributed by atoms with E-state index in [0.717, 1.165) is 25.0 Å². The van der Waals surface area contributed by atoms with Crippen LogP contribution in [0.15, 0.2) is 18.3 Å². The van der Waals surface area contributed by atoms with Gasteiger partial charge in [0, 0.05) is 25.7 Å². The quantitative estimate of drug-likeness (QED) is 0.921. The Morgan fingerprint density at radius 2 is 2.09 bits per heavy atom. The summed E-state index contributed by atoms with van der Waals surface area (Å²) in [4.78, 5) is 28.1. The lowest BCUT2D eigenvalue weighted by atomic mass is 9.93. The molecule has 1 unspecified atom stereocenters. The van der Waals surface area contributed by atoms with Gasteiger partial charge in [-0.3, -0.25) is 14.6 Å². The summed E-state index contributed by atoms with van der Waals surface area (Å²) in [7, 11) is 0. The molecule has 1 atom stereocenters. The summed E-state index contributed by atoms with van der Waals surface area (Å²) < 4.78 is 37.5. The van der Waals surface area contributed by atoms with E-state index in [0.29, 0.717) is 25.7 Å². The highest BCUT2D eigenvalue weighted by atomic mass is 19.4. The van der Waals surface area contributed by atoms with Crippen molar-refractivity contribution in [3.8, 4) is 0 Å². The number of aliphatic carboxylic acids is 1. The van der Waals surface area contributed by atoms with Gasteiger partial charge in [0.1, 0.15) is 5.69 Å². The molecule has 8 heteroatoms. The maximum Gasteiger partial charge on any atom is 0.417 e. The van der Waals surface area contributed by atoms with Gasteiger partial charge in [-0.1, -0.05) is 0 Å². The second kappa shape index (κ2) is 6.97. The predicted molar refractivity (Wildman–Crippen MR) is 74.7 cm³/mol. The lowest BCUT2D eigenvalue weighted by Gasteiger charge is -2.32. The number of halogens is 3. The Kier molecular flexibility index (Phi) is 5.23. The van der Waals surface area contributed by atoms with Crippen LogP contribution in [0.4, 0.5) is 13.2 Å². The van der Waals surface area contributed by atoms with Gasteiger partial charge in [0.05, 0.1) is 5.56 Å². The van der Waals surface area contributed by atoms with Gasteiger partial charge in [-0.15, -0.1) is 0 Å². The first-order chi connectivity index (χ1) is 10.8. The van der Waals surface area contributed by atoms with Crippen LogP contribution < -0.4 is 0 Å². The fourth-order valence-electron chi connectivity index (χ4n) is 2.66. The summed E-state index contributed by atoms with van der Waals surface area (Å²) in [5.74, 6) is -1.20. The maximum atomic E-state index is 12.5. The van der Waals surface area contributed by atoms with Gasteiger partial charge < -0.3 is 10.0 Å². The minimum Gasteiger partial charge on any atom is -0.481 e. The second-order valence-corrected chi connectivity index (χ2v) is 5.62. The van der Waals surface area contributed by atoms with E-state index in [-0.39, 0.29) is 18.0 Å². The molecule has 0 aliphatic carbocycles. The minimum atomic E-state index is -4.48.